The second-order valence-corrected chi connectivity index (χ2v) is 11.6. The number of rotatable bonds is 8. The van der Waals surface area contributed by atoms with E-state index in [1.165, 1.54) is 0 Å². The van der Waals surface area contributed by atoms with Gasteiger partial charge in [0.25, 0.3) is 5.56 Å². The minimum atomic E-state index is -5.57. The smallest absolute Gasteiger partial charge is 0.386 e. The standard InChI is InChI=1S/C11H15N2O14P3S/c1-2-11(17)8(15)6(25-9(11)13-4-3-7(14)12-10(13)16)5-24-30(23,31)27-29(21,22)26-28(18,19)20/h1,3-4,6,8-9,15,17H,5H2,(H,21,22)(H,23,31)(H,12,14,16)(H2,18,19,20)/t6-,8-,9-,11-,30?/m1/s1. The zero-order valence-electron chi connectivity index (χ0n) is 14.8. The summed E-state index contributed by atoms with van der Waals surface area (Å²) < 4.78 is 40.3. The predicted octanol–water partition coefficient (Wildman–Crippen LogP) is -2.38. The Balaban J connectivity index is 2.19. The van der Waals surface area contributed by atoms with E-state index in [9.17, 15) is 38.7 Å². The summed E-state index contributed by atoms with van der Waals surface area (Å²) in [5.41, 5.74) is -4.36. The first kappa shape index (κ1) is 26.2. The van der Waals surface area contributed by atoms with Crippen LogP contribution in [0.2, 0.25) is 0 Å². The van der Waals surface area contributed by atoms with E-state index in [1.807, 2.05) is 10.9 Å². The van der Waals surface area contributed by atoms with Gasteiger partial charge in [0, 0.05) is 12.3 Å². The Morgan fingerprint density at radius 3 is 2.42 bits per heavy atom. The molecular formula is C11H15N2O14P3S. The van der Waals surface area contributed by atoms with Crippen LogP contribution in [0.15, 0.2) is 21.9 Å². The minimum Gasteiger partial charge on any atom is -0.386 e. The van der Waals surface area contributed by atoms with E-state index < -0.39 is 64.3 Å². The fourth-order valence-electron chi connectivity index (χ4n) is 2.42. The van der Waals surface area contributed by atoms with Gasteiger partial charge in [-0.25, -0.2) is 18.2 Å². The third-order valence-corrected chi connectivity index (χ3v) is 8.35. The largest absolute Gasteiger partial charge is 0.488 e. The number of nitrogens with zero attached hydrogens (tertiary/aromatic N) is 1. The number of terminal acetylenes is 1. The van der Waals surface area contributed by atoms with Gasteiger partial charge in [-0.15, -0.1) is 6.42 Å². The molecule has 0 spiro atoms. The Kier molecular flexibility index (Phi) is 7.66. The molecular weight excluding hydrogens is 509 g/mol. The fraction of sp³-hybridized carbons (Fsp3) is 0.455. The summed E-state index contributed by atoms with van der Waals surface area (Å²) in [6.45, 7) is -5.67. The summed E-state index contributed by atoms with van der Waals surface area (Å²) in [5, 5.41) is 20.9. The lowest BCUT2D eigenvalue weighted by molar-refractivity contribution is -0.0757. The van der Waals surface area contributed by atoms with E-state index in [0.717, 1.165) is 12.3 Å². The number of aromatic amines is 1. The fourth-order valence-corrected chi connectivity index (χ4v) is 6.39. The Morgan fingerprint density at radius 1 is 1.29 bits per heavy atom. The van der Waals surface area contributed by atoms with Gasteiger partial charge in [-0.1, -0.05) is 5.92 Å². The van der Waals surface area contributed by atoms with Crippen molar-refractivity contribution >= 4 is 34.2 Å². The van der Waals surface area contributed by atoms with Gasteiger partial charge in [-0.2, -0.15) is 4.31 Å². The first-order chi connectivity index (χ1) is 14.0. The minimum absolute atomic E-state index is 0.659. The van der Waals surface area contributed by atoms with Crippen LogP contribution in [-0.2, 0) is 38.8 Å². The monoisotopic (exact) mass is 524 g/mol. The van der Waals surface area contributed by atoms with Crippen LogP contribution >= 0.6 is 22.4 Å². The molecule has 2 unspecified atom stereocenters. The lowest BCUT2D eigenvalue weighted by Crippen LogP contribution is -2.48. The van der Waals surface area contributed by atoms with Gasteiger partial charge in [-0.05, 0) is 11.8 Å². The number of nitrogens with one attached hydrogen (secondary N) is 1. The summed E-state index contributed by atoms with van der Waals surface area (Å²) in [6, 6.07) is 0.902. The number of hydrogen-bond acceptors (Lipinski definition) is 11. The molecule has 0 aromatic carbocycles. The summed E-state index contributed by atoms with van der Waals surface area (Å²) in [4.78, 5) is 61.1. The number of aliphatic hydroxyl groups excluding tert-OH is 1. The molecule has 2 rings (SSSR count). The van der Waals surface area contributed by atoms with Crippen LogP contribution in [0.1, 0.15) is 6.23 Å². The van der Waals surface area contributed by atoms with E-state index in [0.29, 0.717) is 4.57 Å². The lowest BCUT2D eigenvalue weighted by Gasteiger charge is -2.26. The Labute approximate surface area is 177 Å². The zero-order chi connectivity index (χ0) is 23.8. The van der Waals surface area contributed by atoms with Crippen LogP contribution < -0.4 is 11.2 Å². The summed E-state index contributed by atoms with van der Waals surface area (Å²) in [6.07, 6.45) is 0.836. The van der Waals surface area contributed by atoms with Gasteiger partial charge < -0.3 is 39.0 Å². The topological polar surface area (TPSA) is 247 Å². The molecule has 31 heavy (non-hydrogen) atoms. The van der Waals surface area contributed by atoms with Crippen molar-refractivity contribution in [1.82, 2.24) is 9.55 Å². The molecule has 0 amide bonds. The van der Waals surface area contributed by atoms with Crippen molar-refractivity contribution < 1.29 is 56.8 Å². The molecule has 1 saturated heterocycles. The molecule has 0 bridgehead atoms. The summed E-state index contributed by atoms with van der Waals surface area (Å²) in [5.74, 6) is 1.84. The van der Waals surface area contributed by atoms with Gasteiger partial charge >= 0.3 is 28.1 Å². The molecule has 1 fully saturated rings. The quantitative estimate of drug-likeness (QED) is 0.139. The molecule has 2 heterocycles. The normalized spacial score (nSPS) is 30.3. The van der Waals surface area contributed by atoms with Gasteiger partial charge in [-0.3, -0.25) is 14.3 Å². The maximum absolute atomic E-state index is 12.0. The molecule has 0 aliphatic carbocycles. The van der Waals surface area contributed by atoms with Crippen LogP contribution in [0.25, 0.3) is 0 Å². The number of hydrogen-bond donors (Lipinski definition) is 7. The summed E-state index contributed by atoms with van der Waals surface area (Å²) in [7, 11) is -11.1. The van der Waals surface area contributed by atoms with E-state index in [1.54, 1.807) is 0 Å². The zero-order valence-corrected chi connectivity index (χ0v) is 18.3. The number of H-pyrrole nitrogens is 1. The highest BCUT2D eigenvalue weighted by atomic mass is 32.5. The van der Waals surface area contributed by atoms with Crippen molar-refractivity contribution in [2.45, 2.75) is 24.0 Å². The number of phosphoric acid groups is 2. The van der Waals surface area contributed by atoms with E-state index >= 15 is 0 Å². The van der Waals surface area contributed by atoms with Crippen molar-refractivity contribution in [3.63, 3.8) is 0 Å². The molecule has 1 aliphatic rings. The van der Waals surface area contributed by atoms with Gasteiger partial charge in [0.15, 0.2) is 11.8 Å². The van der Waals surface area contributed by atoms with E-state index in [-0.39, 0.29) is 0 Å². The van der Waals surface area contributed by atoms with Crippen LogP contribution in [0, 0.1) is 12.3 Å². The van der Waals surface area contributed by atoms with Gasteiger partial charge in [0.1, 0.15) is 12.2 Å². The third-order valence-electron chi connectivity index (χ3n) is 3.64. The molecule has 6 atom stereocenters. The van der Waals surface area contributed by atoms with Crippen molar-refractivity contribution in [2.75, 3.05) is 6.61 Å². The first-order valence-corrected chi connectivity index (χ1v) is 13.2. The molecule has 0 saturated carbocycles. The number of aliphatic hydroxyl groups is 2. The highest BCUT2D eigenvalue weighted by Crippen LogP contribution is 2.66. The molecule has 20 heteroatoms. The molecule has 7 N–H and O–H groups in total. The second-order valence-electron chi connectivity index (χ2n) is 5.85. The average Bonchev–Trinajstić information content (AvgIpc) is 2.82. The van der Waals surface area contributed by atoms with Crippen LogP contribution in [0.4, 0.5) is 0 Å². The van der Waals surface area contributed by atoms with Crippen molar-refractivity contribution in [2.24, 2.45) is 0 Å². The Hall–Kier alpha value is -1.05. The van der Waals surface area contributed by atoms with Crippen LogP contribution in [0.5, 0.6) is 0 Å². The van der Waals surface area contributed by atoms with Crippen molar-refractivity contribution in [3.8, 4) is 12.3 Å². The number of ether oxygens (including phenoxy) is 1. The third kappa shape index (κ3) is 6.48. The molecule has 1 aromatic rings. The van der Waals surface area contributed by atoms with E-state index in [2.05, 4.69) is 25.0 Å². The predicted molar refractivity (Wildman–Crippen MR) is 102 cm³/mol. The second kappa shape index (κ2) is 9.06. The lowest BCUT2D eigenvalue weighted by atomic mass is 9.95. The van der Waals surface area contributed by atoms with Crippen molar-refractivity contribution in [3.05, 3.63) is 33.1 Å². The Morgan fingerprint density at radius 2 is 1.90 bits per heavy atom. The molecule has 0 radical (unpaired) electrons. The van der Waals surface area contributed by atoms with Crippen LogP contribution in [-0.4, -0.2) is 63.8 Å². The highest BCUT2D eigenvalue weighted by molar-refractivity contribution is 8.08. The summed E-state index contributed by atoms with van der Waals surface area (Å²) >= 11 is 4.42. The maximum Gasteiger partial charge on any atom is 0.488 e. The van der Waals surface area contributed by atoms with Crippen molar-refractivity contribution in [1.29, 1.82) is 0 Å². The highest BCUT2D eigenvalue weighted by Gasteiger charge is 2.56. The molecule has 1 aliphatic heterocycles. The van der Waals surface area contributed by atoms with E-state index in [4.69, 9.17) is 20.9 Å². The maximum atomic E-state index is 12.0. The first-order valence-electron chi connectivity index (χ1n) is 7.63. The molecule has 1 aromatic heterocycles. The number of aromatic nitrogens is 2. The molecule has 16 nitrogen and oxygen atoms in total. The van der Waals surface area contributed by atoms with Crippen LogP contribution in [0.3, 0.4) is 0 Å². The SMILES string of the molecule is C#C[C@@]1(O)[C@H](O)[C@@H](COP(O)(=S)OP(=O)(O)OP(=O)(O)O)O[C@H]1n1ccc(=O)[nH]c1=O. The average molecular weight is 524 g/mol. The molecule has 174 valence electrons. The van der Waals surface area contributed by atoms with Gasteiger partial charge in [0.2, 0.25) is 0 Å². The Bertz CT molecular complexity index is 1140. The van der Waals surface area contributed by atoms with Gasteiger partial charge in [0.05, 0.1) is 6.61 Å².